The summed E-state index contributed by atoms with van der Waals surface area (Å²) in [5, 5.41) is 6.47. The highest BCUT2D eigenvalue weighted by molar-refractivity contribution is 6.39. The van der Waals surface area contributed by atoms with E-state index in [4.69, 9.17) is 27.9 Å². The standard InChI is InChI=1S/C22H23Cl2N3O4/c1-2-31-19(28)11-16-6-7-17(13-25-16)26-20(29)21(30)27-22(8-3-9-22)12-14-4-5-15(23)10-18(14)24/h4-7,10,13H,2-3,8-9,11-12H2,1H3,(H,26,29)(H,27,30). The van der Waals surface area contributed by atoms with Gasteiger partial charge >= 0.3 is 17.8 Å². The Kier molecular flexibility index (Phi) is 7.51. The molecule has 1 aliphatic carbocycles. The number of hydrogen-bond donors (Lipinski definition) is 2. The molecular weight excluding hydrogens is 441 g/mol. The Bertz CT molecular complexity index is 975. The van der Waals surface area contributed by atoms with Gasteiger partial charge in [-0.25, -0.2) is 0 Å². The third-order valence-corrected chi connectivity index (χ3v) is 5.74. The number of halogens is 2. The zero-order valence-corrected chi connectivity index (χ0v) is 18.6. The van der Waals surface area contributed by atoms with E-state index < -0.39 is 17.4 Å². The molecule has 0 spiro atoms. The Morgan fingerprint density at radius 2 is 1.90 bits per heavy atom. The van der Waals surface area contributed by atoms with E-state index in [-0.39, 0.29) is 12.4 Å². The molecule has 1 aromatic heterocycles. The molecule has 2 amide bonds. The summed E-state index contributed by atoms with van der Waals surface area (Å²) in [5.74, 6) is -1.88. The van der Waals surface area contributed by atoms with E-state index in [1.54, 1.807) is 31.2 Å². The van der Waals surface area contributed by atoms with E-state index in [2.05, 4.69) is 15.6 Å². The molecule has 0 aliphatic heterocycles. The molecule has 1 aromatic carbocycles. The first-order valence-corrected chi connectivity index (χ1v) is 10.7. The molecule has 2 N–H and O–H groups in total. The van der Waals surface area contributed by atoms with Gasteiger partial charge in [-0.2, -0.15) is 0 Å². The maximum absolute atomic E-state index is 12.5. The van der Waals surface area contributed by atoms with Crippen LogP contribution in [-0.4, -0.2) is 34.9 Å². The van der Waals surface area contributed by atoms with Crippen LogP contribution in [0.3, 0.4) is 0 Å². The Labute approximate surface area is 190 Å². The van der Waals surface area contributed by atoms with Crippen LogP contribution in [0.5, 0.6) is 0 Å². The fourth-order valence-electron chi connectivity index (χ4n) is 3.43. The van der Waals surface area contributed by atoms with Crippen LogP contribution in [-0.2, 0) is 32.0 Å². The average Bonchev–Trinajstić information content (AvgIpc) is 2.69. The molecular formula is C22H23Cl2N3O4. The number of aromatic nitrogens is 1. The van der Waals surface area contributed by atoms with Crippen molar-refractivity contribution in [3.05, 3.63) is 57.8 Å². The van der Waals surface area contributed by atoms with Gasteiger partial charge in [-0.05, 0) is 62.4 Å². The number of esters is 1. The molecule has 0 atom stereocenters. The van der Waals surface area contributed by atoms with E-state index in [0.29, 0.717) is 34.5 Å². The lowest BCUT2D eigenvalue weighted by molar-refractivity contribution is -0.142. The average molecular weight is 464 g/mol. The van der Waals surface area contributed by atoms with Gasteiger partial charge < -0.3 is 15.4 Å². The highest BCUT2D eigenvalue weighted by atomic mass is 35.5. The van der Waals surface area contributed by atoms with Crippen molar-refractivity contribution in [3.8, 4) is 0 Å². The summed E-state index contributed by atoms with van der Waals surface area (Å²) in [6.45, 7) is 2.03. The minimum Gasteiger partial charge on any atom is -0.466 e. The Morgan fingerprint density at radius 1 is 1.13 bits per heavy atom. The first-order chi connectivity index (χ1) is 14.8. The fourth-order valence-corrected chi connectivity index (χ4v) is 3.90. The summed E-state index contributed by atoms with van der Waals surface area (Å²) >= 11 is 12.2. The van der Waals surface area contributed by atoms with Gasteiger partial charge in [0.1, 0.15) is 0 Å². The molecule has 7 nitrogen and oxygen atoms in total. The summed E-state index contributed by atoms with van der Waals surface area (Å²) in [7, 11) is 0. The lowest BCUT2D eigenvalue weighted by Gasteiger charge is -2.42. The minimum atomic E-state index is -0.784. The maximum atomic E-state index is 12.5. The molecule has 164 valence electrons. The van der Waals surface area contributed by atoms with Gasteiger partial charge in [-0.3, -0.25) is 19.4 Å². The summed E-state index contributed by atoms with van der Waals surface area (Å²) < 4.78 is 4.87. The number of anilines is 1. The summed E-state index contributed by atoms with van der Waals surface area (Å²) in [4.78, 5) is 40.5. The van der Waals surface area contributed by atoms with Crippen molar-refractivity contribution >= 4 is 46.7 Å². The van der Waals surface area contributed by atoms with Crippen molar-refractivity contribution in [1.82, 2.24) is 10.3 Å². The van der Waals surface area contributed by atoms with Gasteiger partial charge in [-0.15, -0.1) is 0 Å². The number of pyridine rings is 1. The zero-order valence-electron chi connectivity index (χ0n) is 17.0. The number of benzene rings is 1. The Hall–Kier alpha value is -2.64. The highest BCUT2D eigenvalue weighted by Gasteiger charge is 2.40. The first kappa shape index (κ1) is 23.0. The van der Waals surface area contributed by atoms with Crippen LogP contribution in [0, 0.1) is 0 Å². The van der Waals surface area contributed by atoms with Crippen LogP contribution in [0.25, 0.3) is 0 Å². The van der Waals surface area contributed by atoms with Gasteiger partial charge in [-0.1, -0.05) is 29.3 Å². The number of nitrogens with one attached hydrogen (secondary N) is 2. The number of carbonyl (C=O) groups excluding carboxylic acids is 3. The summed E-state index contributed by atoms with van der Waals surface area (Å²) in [6, 6.07) is 8.43. The van der Waals surface area contributed by atoms with E-state index in [9.17, 15) is 14.4 Å². The van der Waals surface area contributed by atoms with E-state index in [1.165, 1.54) is 6.20 Å². The van der Waals surface area contributed by atoms with E-state index >= 15 is 0 Å². The van der Waals surface area contributed by atoms with Crippen LogP contribution in [0.2, 0.25) is 10.0 Å². The number of carbonyl (C=O) groups is 3. The maximum Gasteiger partial charge on any atom is 0.313 e. The molecule has 0 saturated heterocycles. The van der Waals surface area contributed by atoms with Crippen molar-refractivity contribution < 1.29 is 19.1 Å². The van der Waals surface area contributed by atoms with Crippen molar-refractivity contribution in [2.45, 2.75) is 44.6 Å². The van der Waals surface area contributed by atoms with Gasteiger partial charge in [0.15, 0.2) is 0 Å². The van der Waals surface area contributed by atoms with Crippen LogP contribution >= 0.6 is 23.2 Å². The molecule has 3 rings (SSSR count). The third kappa shape index (κ3) is 6.18. The van der Waals surface area contributed by atoms with Gasteiger partial charge in [0.2, 0.25) is 0 Å². The van der Waals surface area contributed by atoms with E-state index in [1.807, 2.05) is 6.07 Å². The summed E-state index contributed by atoms with van der Waals surface area (Å²) in [6.07, 6.45) is 4.43. The predicted molar refractivity (Wildman–Crippen MR) is 118 cm³/mol. The molecule has 1 fully saturated rings. The van der Waals surface area contributed by atoms with Gasteiger partial charge in [0.05, 0.1) is 30.6 Å². The molecule has 0 bridgehead atoms. The van der Waals surface area contributed by atoms with Crippen LogP contribution in [0.15, 0.2) is 36.5 Å². The second-order valence-electron chi connectivity index (χ2n) is 7.47. The Morgan fingerprint density at radius 3 is 2.48 bits per heavy atom. The molecule has 1 heterocycles. The second-order valence-corrected chi connectivity index (χ2v) is 8.32. The largest absolute Gasteiger partial charge is 0.466 e. The normalized spacial score (nSPS) is 14.3. The van der Waals surface area contributed by atoms with Gasteiger partial charge in [0.25, 0.3) is 0 Å². The number of nitrogens with zero attached hydrogens (tertiary/aromatic N) is 1. The SMILES string of the molecule is CCOC(=O)Cc1ccc(NC(=O)C(=O)NC2(Cc3ccc(Cl)cc3Cl)CCC2)cn1. The quantitative estimate of drug-likeness (QED) is 0.481. The van der Waals surface area contributed by atoms with Crippen LogP contribution in [0.4, 0.5) is 5.69 Å². The molecule has 9 heteroatoms. The highest BCUT2D eigenvalue weighted by Crippen LogP contribution is 2.37. The molecule has 2 aromatic rings. The molecule has 0 radical (unpaired) electrons. The van der Waals surface area contributed by atoms with E-state index in [0.717, 1.165) is 24.8 Å². The van der Waals surface area contributed by atoms with Crippen molar-refractivity contribution in [1.29, 1.82) is 0 Å². The Balaban J connectivity index is 1.58. The molecule has 1 saturated carbocycles. The minimum absolute atomic E-state index is 0.0400. The van der Waals surface area contributed by atoms with Crippen LogP contribution < -0.4 is 10.6 Å². The predicted octanol–water partition coefficient (Wildman–Crippen LogP) is 3.71. The smallest absolute Gasteiger partial charge is 0.313 e. The number of ether oxygens (including phenoxy) is 1. The second kappa shape index (κ2) is 10.1. The van der Waals surface area contributed by atoms with Crippen LogP contribution in [0.1, 0.15) is 37.4 Å². The third-order valence-electron chi connectivity index (χ3n) is 5.15. The number of amides is 2. The van der Waals surface area contributed by atoms with Gasteiger partial charge in [0, 0.05) is 15.6 Å². The topological polar surface area (TPSA) is 97.4 Å². The summed E-state index contributed by atoms with van der Waals surface area (Å²) in [5.41, 5.74) is 1.23. The monoisotopic (exact) mass is 463 g/mol. The number of hydrogen-bond acceptors (Lipinski definition) is 5. The fraction of sp³-hybridized carbons (Fsp3) is 0.364. The molecule has 0 unspecified atom stereocenters. The van der Waals surface area contributed by atoms with Crippen molar-refractivity contribution in [2.75, 3.05) is 11.9 Å². The molecule has 1 aliphatic rings. The zero-order chi connectivity index (χ0) is 22.4. The first-order valence-electron chi connectivity index (χ1n) is 9.98. The molecule has 31 heavy (non-hydrogen) atoms. The van der Waals surface area contributed by atoms with Crippen molar-refractivity contribution in [3.63, 3.8) is 0 Å². The van der Waals surface area contributed by atoms with Crippen molar-refractivity contribution in [2.24, 2.45) is 0 Å². The lowest BCUT2D eigenvalue weighted by Crippen LogP contribution is -2.57. The lowest BCUT2D eigenvalue weighted by atomic mass is 9.72. The number of rotatable bonds is 7.